The van der Waals surface area contributed by atoms with Gasteiger partial charge in [-0.05, 0) is 55.7 Å². The summed E-state index contributed by atoms with van der Waals surface area (Å²) in [7, 11) is 1.65. The predicted molar refractivity (Wildman–Crippen MR) is 102 cm³/mol. The first kappa shape index (κ1) is 17.7. The molecule has 2 aromatic carbocycles. The van der Waals surface area contributed by atoms with Crippen molar-refractivity contribution in [3.05, 3.63) is 58.6 Å². The maximum atomic E-state index is 10.8. The van der Waals surface area contributed by atoms with Gasteiger partial charge in [0.05, 0.1) is 7.11 Å². The Morgan fingerprint density at radius 2 is 1.96 bits per heavy atom. The Kier molecular flexibility index (Phi) is 5.22. The zero-order valence-corrected chi connectivity index (χ0v) is 15.2. The average molecular weight is 356 g/mol. The average Bonchev–Trinajstić information content (AvgIpc) is 3.44. The molecule has 0 amide bonds. The van der Waals surface area contributed by atoms with Gasteiger partial charge in [-0.3, -0.25) is 0 Å². The highest BCUT2D eigenvalue weighted by Crippen LogP contribution is 2.33. The van der Waals surface area contributed by atoms with Crippen molar-refractivity contribution < 1.29 is 9.84 Å². The molecule has 2 aromatic rings. The summed E-state index contributed by atoms with van der Waals surface area (Å²) in [6.45, 7) is 2.34. The van der Waals surface area contributed by atoms with Gasteiger partial charge in [0.25, 0.3) is 0 Å². The van der Waals surface area contributed by atoms with Gasteiger partial charge in [-0.1, -0.05) is 35.6 Å². The molecule has 0 radical (unpaired) electrons. The van der Waals surface area contributed by atoms with Crippen LogP contribution in [0.2, 0.25) is 5.02 Å². The summed E-state index contributed by atoms with van der Waals surface area (Å²) in [6, 6.07) is 13.3. The van der Waals surface area contributed by atoms with Crippen LogP contribution in [0.4, 0.5) is 5.69 Å². The van der Waals surface area contributed by atoms with Crippen molar-refractivity contribution in [3.63, 3.8) is 0 Å². The van der Waals surface area contributed by atoms with Crippen molar-refractivity contribution in [1.82, 2.24) is 0 Å². The van der Waals surface area contributed by atoms with Crippen LogP contribution < -0.4 is 10.1 Å². The van der Waals surface area contributed by atoms with Crippen LogP contribution in [0, 0.1) is 17.8 Å². The minimum atomic E-state index is -1.24. The van der Waals surface area contributed by atoms with Gasteiger partial charge >= 0.3 is 0 Å². The molecule has 1 saturated carbocycles. The third-order valence-corrected chi connectivity index (χ3v) is 4.48. The SMILES string of the molecule is COc1ccc(CNc2ccc(Cl)cc2[C@@](C)(O)C#CC2CC2)cc1. The molecule has 2 N–H and O–H groups in total. The summed E-state index contributed by atoms with van der Waals surface area (Å²) in [5.41, 5.74) is 1.40. The molecule has 0 saturated heterocycles. The standard InChI is InChI=1S/C21H22ClNO2/c1-21(24,12-11-15-3-4-15)19-13-17(22)7-10-20(19)23-14-16-5-8-18(25-2)9-6-16/h5-10,13,15,23-24H,3-4,14H2,1-2H3/t21-/m0/s1. The maximum absolute atomic E-state index is 10.8. The highest BCUT2D eigenvalue weighted by atomic mass is 35.5. The number of halogens is 1. The minimum absolute atomic E-state index is 0.432. The van der Waals surface area contributed by atoms with Gasteiger partial charge < -0.3 is 15.2 Å². The number of hydrogen-bond donors (Lipinski definition) is 2. The lowest BCUT2D eigenvalue weighted by Crippen LogP contribution is -2.21. The molecule has 1 atom stereocenters. The lowest BCUT2D eigenvalue weighted by Gasteiger charge is -2.22. The first-order valence-corrected chi connectivity index (χ1v) is 8.77. The Bertz CT molecular complexity index is 799. The zero-order valence-electron chi connectivity index (χ0n) is 14.5. The second-order valence-corrected chi connectivity index (χ2v) is 6.94. The second kappa shape index (κ2) is 7.39. The van der Waals surface area contributed by atoms with Crippen LogP contribution in [0.15, 0.2) is 42.5 Å². The molecule has 0 bridgehead atoms. The molecule has 1 fully saturated rings. The number of rotatable bonds is 5. The number of anilines is 1. The fraction of sp³-hybridized carbons (Fsp3) is 0.333. The molecule has 0 aromatic heterocycles. The number of benzene rings is 2. The molecule has 130 valence electrons. The first-order valence-electron chi connectivity index (χ1n) is 8.40. The predicted octanol–water partition coefficient (Wildman–Crippen LogP) is 4.58. The molecule has 0 unspecified atom stereocenters. The quantitative estimate of drug-likeness (QED) is 0.771. The molecule has 3 nitrogen and oxygen atoms in total. The Labute approximate surface area is 154 Å². The van der Waals surface area contributed by atoms with Gasteiger partial charge in [-0.15, -0.1) is 0 Å². The summed E-state index contributed by atoms with van der Waals surface area (Å²) >= 11 is 6.15. The summed E-state index contributed by atoms with van der Waals surface area (Å²) in [4.78, 5) is 0. The molecule has 25 heavy (non-hydrogen) atoms. The van der Waals surface area contributed by atoms with E-state index in [2.05, 4.69) is 17.2 Å². The van der Waals surface area contributed by atoms with E-state index in [0.29, 0.717) is 23.0 Å². The largest absolute Gasteiger partial charge is 0.497 e. The van der Waals surface area contributed by atoms with Gasteiger partial charge in [0.2, 0.25) is 0 Å². The number of methoxy groups -OCH3 is 1. The number of nitrogens with one attached hydrogen (secondary N) is 1. The van der Waals surface area contributed by atoms with Crippen molar-refractivity contribution in [1.29, 1.82) is 0 Å². The van der Waals surface area contributed by atoms with Crippen LogP contribution in [0.1, 0.15) is 30.9 Å². The Morgan fingerprint density at radius 3 is 2.60 bits per heavy atom. The molecular formula is C21H22ClNO2. The Hall–Kier alpha value is -2.15. The molecule has 0 heterocycles. The molecule has 0 spiro atoms. The fourth-order valence-corrected chi connectivity index (χ4v) is 2.72. The Morgan fingerprint density at radius 1 is 1.24 bits per heavy atom. The van der Waals surface area contributed by atoms with Gasteiger partial charge in [0.15, 0.2) is 0 Å². The van der Waals surface area contributed by atoms with Crippen molar-refractivity contribution in [2.24, 2.45) is 5.92 Å². The molecule has 4 heteroatoms. The monoisotopic (exact) mass is 355 g/mol. The second-order valence-electron chi connectivity index (χ2n) is 6.51. The third-order valence-electron chi connectivity index (χ3n) is 4.25. The maximum Gasteiger partial charge on any atom is 0.150 e. The van der Waals surface area contributed by atoms with E-state index in [1.165, 1.54) is 0 Å². The van der Waals surface area contributed by atoms with Crippen LogP contribution in [-0.4, -0.2) is 12.2 Å². The third kappa shape index (κ3) is 4.69. The normalized spacial score (nSPS) is 15.7. The lowest BCUT2D eigenvalue weighted by molar-refractivity contribution is 0.122. The van der Waals surface area contributed by atoms with Gasteiger partial charge in [-0.25, -0.2) is 0 Å². The van der Waals surface area contributed by atoms with Crippen LogP contribution in [0.3, 0.4) is 0 Å². The fourth-order valence-electron chi connectivity index (χ4n) is 2.55. The summed E-state index contributed by atoms with van der Waals surface area (Å²) < 4.78 is 5.18. The van der Waals surface area contributed by atoms with E-state index in [4.69, 9.17) is 16.3 Å². The van der Waals surface area contributed by atoms with Crippen LogP contribution in [0.25, 0.3) is 0 Å². The van der Waals surface area contributed by atoms with Gasteiger partial charge in [0.1, 0.15) is 11.4 Å². The topological polar surface area (TPSA) is 41.5 Å². The van der Waals surface area contributed by atoms with E-state index in [1.54, 1.807) is 20.1 Å². The van der Waals surface area contributed by atoms with Crippen molar-refractivity contribution >= 4 is 17.3 Å². The first-order chi connectivity index (χ1) is 12.0. The molecular weight excluding hydrogens is 334 g/mol. The van der Waals surface area contributed by atoms with Crippen molar-refractivity contribution in [2.45, 2.75) is 31.9 Å². The summed E-state index contributed by atoms with van der Waals surface area (Å²) in [5.74, 6) is 7.41. The number of ether oxygens (including phenoxy) is 1. The van der Waals surface area contributed by atoms with E-state index >= 15 is 0 Å². The van der Waals surface area contributed by atoms with Crippen LogP contribution >= 0.6 is 11.6 Å². The zero-order chi connectivity index (χ0) is 17.9. The van der Waals surface area contributed by atoms with E-state index in [-0.39, 0.29) is 0 Å². The number of aliphatic hydroxyl groups is 1. The van der Waals surface area contributed by atoms with E-state index < -0.39 is 5.60 Å². The molecule has 0 aliphatic heterocycles. The van der Waals surface area contributed by atoms with Crippen molar-refractivity contribution in [3.8, 4) is 17.6 Å². The van der Waals surface area contributed by atoms with Crippen LogP contribution in [0.5, 0.6) is 5.75 Å². The lowest BCUT2D eigenvalue weighted by atomic mass is 9.94. The molecule has 1 aliphatic carbocycles. The summed E-state index contributed by atoms with van der Waals surface area (Å²) in [6.07, 6.45) is 2.25. The molecule has 3 rings (SSSR count). The van der Waals surface area contributed by atoms with E-state index in [9.17, 15) is 5.11 Å². The highest BCUT2D eigenvalue weighted by Gasteiger charge is 2.26. The molecule has 1 aliphatic rings. The van der Waals surface area contributed by atoms with E-state index in [1.807, 2.05) is 36.4 Å². The van der Waals surface area contributed by atoms with Gasteiger partial charge in [0, 0.05) is 28.7 Å². The highest BCUT2D eigenvalue weighted by molar-refractivity contribution is 6.30. The van der Waals surface area contributed by atoms with Crippen molar-refractivity contribution in [2.75, 3.05) is 12.4 Å². The minimum Gasteiger partial charge on any atom is -0.497 e. The van der Waals surface area contributed by atoms with Gasteiger partial charge in [-0.2, -0.15) is 0 Å². The Balaban J connectivity index is 1.79. The smallest absolute Gasteiger partial charge is 0.150 e. The van der Waals surface area contributed by atoms with E-state index in [0.717, 1.165) is 29.8 Å². The van der Waals surface area contributed by atoms with Crippen LogP contribution in [-0.2, 0) is 12.1 Å². The summed E-state index contributed by atoms with van der Waals surface area (Å²) in [5, 5.41) is 14.8. The number of hydrogen-bond acceptors (Lipinski definition) is 3.